The molecule has 0 aliphatic heterocycles. The molecular weight excluding hydrogens is 353 g/mol. The van der Waals surface area contributed by atoms with Gasteiger partial charge in [0.2, 0.25) is 5.91 Å². The summed E-state index contributed by atoms with van der Waals surface area (Å²) in [7, 11) is 0. The Labute approximate surface area is 146 Å². The van der Waals surface area contributed by atoms with E-state index in [9.17, 15) is 22.8 Å². The lowest BCUT2D eigenvalue weighted by Crippen LogP contribution is -2.23. The second-order valence-corrected chi connectivity index (χ2v) is 6.15. The number of amides is 2. The average molecular weight is 368 g/mol. The Morgan fingerprint density at radius 3 is 2.28 bits per heavy atom. The minimum atomic E-state index is -4.39. The van der Waals surface area contributed by atoms with E-state index >= 15 is 0 Å². The number of carbonyl (C=O) groups excluding carboxylic acids is 2. The molecule has 0 aliphatic carbocycles. The zero-order valence-electron chi connectivity index (χ0n) is 13.0. The maximum absolute atomic E-state index is 12.5. The van der Waals surface area contributed by atoms with Crippen molar-refractivity contribution in [2.24, 2.45) is 5.73 Å². The summed E-state index contributed by atoms with van der Waals surface area (Å²) in [6.07, 6.45) is -4.39. The normalized spacial score (nSPS) is 11.2. The van der Waals surface area contributed by atoms with Crippen LogP contribution in [0.15, 0.2) is 53.4 Å². The second-order valence-electron chi connectivity index (χ2n) is 5.13. The predicted molar refractivity (Wildman–Crippen MR) is 89.0 cm³/mol. The average Bonchev–Trinajstić information content (AvgIpc) is 2.57. The first-order valence-corrected chi connectivity index (χ1v) is 8.20. The number of benzene rings is 2. The molecule has 0 saturated carbocycles. The fourth-order valence-electron chi connectivity index (χ4n) is 2.02. The second kappa shape index (κ2) is 8.06. The number of hydrogen-bond acceptors (Lipinski definition) is 3. The molecule has 2 aromatic rings. The number of hydrogen-bond donors (Lipinski definition) is 2. The lowest BCUT2D eigenvalue weighted by atomic mass is 10.1. The molecule has 0 heterocycles. The Balaban J connectivity index is 2.02. The molecular formula is C17H15F3N2O2S. The maximum atomic E-state index is 12.5. The van der Waals surface area contributed by atoms with E-state index < -0.39 is 17.6 Å². The molecule has 0 saturated heterocycles. The third-order valence-corrected chi connectivity index (χ3v) is 4.33. The van der Waals surface area contributed by atoms with Gasteiger partial charge in [-0.2, -0.15) is 13.2 Å². The van der Waals surface area contributed by atoms with E-state index in [0.717, 1.165) is 23.9 Å². The molecule has 2 rings (SSSR count). The Morgan fingerprint density at radius 1 is 1.04 bits per heavy atom. The van der Waals surface area contributed by atoms with Crippen LogP contribution in [-0.2, 0) is 17.5 Å². The van der Waals surface area contributed by atoms with Crippen molar-refractivity contribution in [1.82, 2.24) is 5.32 Å². The number of primary amides is 1. The Hall–Kier alpha value is -2.48. The highest BCUT2D eigenvalue weighted by molar-refractivity contribution is 8.00. The van der Waals surface area contributed by atoms with E-state index in [1.807, 2.05) is 0 Å². The summed E-state index contributed by atoms with van der Waals surface area (Å²) in [4.78, 5) is 23.8. The Bertz CT molecular complexity index is 761. The van der Waals surface area contributed by atoms with Crippen LogP contribution in [0.1, 0.15) is 21.5 Å². The monoisotopic (exact) mass is 368 g/mol. The van der Waals surface area contributed by atoms with Crippen LogP contribution in [0.4, 0.5) is 13.2 Å². The highest BCUT2D eigenvalue weighted by Crippen LogP contribution is 2.29. The molecule has 0 atom stereocenters. The molecule has 2 amide bonds. The first-order valence-electron chi connectivity index (χ1n) is 7.22. The standard InChI is InChI=1S/C17H15F3N2O2S/c18-17(19,20)12-7-5-11(6-8-12)9-22-16(24)13-3-1-2-4-14(13)25-10-15(21)23/h1-8H,9-10H2,(H2,21,23)(H,22,24). The van der Waals surface area contributed by atoms with Gasteiger partial charge in [-0.1, -0.05) is 24.3 Å². The minimum absolute atomic E-state index is 0.0448. The molecule has 0 aromatic heterocycles. The largest absolute Gasteiger partial charge is 0.416 e. The van der Waals surface area contributed by atoms with E-state index in [0.29, 0.717) is 16.0 Å². The molecule has 8 heteroatoms. The van der Waals surface area contributed by atoms with Gasteiger partial charge >= 0.3 is 6.18 Å². The third kappa shape index (κ3) is 5.53. The van der Waals surface area contributed by atoms with Crippen molar-refractivity contribution in [3.05, 3.63) is 65.2 Å². The SMILES string of the molecule is NC(=O)CSc1ccccc1C(=O)NCc1ccc(C(F)(F)F)cc1. The topological polar surface area (TPSA) is 72.2 Å². The highest BCUT2D eigenvalue weighted by Gasteiger charge is 2.29. The smallest absolute Gasteiger partial charge is 0.369 e. The van der Waals surface area contributed by atoms with E-state index in [2.05, 4.69) is 5.32 Å². The number of rotatable bonds is 6. The maximum Gasteiger partial charge on any atom is 0.416 e. The van der Waals surface area contributed by atoms with Gasteiger partial charge < -0.3 is 11.1 Å². The number of carbonyl (C=O) groups is 2. The molecule has 0 bridgehead atoms. The molecule has 0 aliphatic rings. The van der Waals surface area contributed by atoms with Crippen molar-refractivity contribution in [2.75, 3.05) is 5.75 Å². The summed E-state index contributed by atoms with van der Waals surface area (Å²) < 4.78 is 37.6. The lowest BCUT2D eigenvalue weighted by Gasteiger charge is -2.10. The van der Waals surface area contributed by atoms with Gasteiger partial charge in [-0.3, -0.25) is 9.59 Å². The van der Waals surface area contributed by atoms with E-state index in [1.54, 1.807) is 24.3 Å². The Kier molecular flexibility index (Phi) is 6.08. The molecule has 2 aromatic carbocycles. The quantitative estimate of drug-likeness (QED) is 0.769. The summed E-state index contributed by atoms with van der Waals surface area (Å²) in [6, 6.07) is 11.3. The van der Waals surface area contributed by atoms with Gasteiger partial charge in [0.15, 0.2) is 0 Å². The first kappa shape index (κ1) is 18.9. The van der Waals surface area contributed by atoms with Crippen molar-refractivity contribution in [3.8, 4) is 0 Å². The van der Waals surface area contributed by atoms with Crippen LogP contribution in [0.5, 0.6) is 0 Å². The number of alkyl halides is 3. The summed E-state index contributed by atoms with van der Waals surface area (Å²) in [5.74, 6) is -0.833. The number of halogens is 3. The predicted octanol–water partition coefficient (Wildman–Crippen LogP) is 3.21. The van der Waals surface area contributed by atoms with Crippen molar-refractivity contribution >= 4 is 23.6 Å². The molecule has 132 valence electrons. The van der Waals surface area contributed by atoms with Crippen LogP contribution in [0.3, 0.4) is 0 Å². The summed E-state index contributed by atoms with van der Waals surface area (Å²) in [5.41, 5.74) is 5.28. The van der Waals surface area contributed by atoms with Crippen LogP contribution in [0.25, 0.3) is 0 Å². The van der Waals surface area contributed by atoms with Crippen LogP contribution >= 0.6 is 11.8 Å². The van der Waals surface area contributed by atoms with E-state index in [-0.39, 0.29) is 18.2 Å². The molecule has 0 spiro atoms. The molecule has 25 heavy (non-hydrogen) atoms. The molecule has 4 nitrogen and oxygen atoms in total. The minimum Gasteiger partial charge on any atom is -0.369 e. The van der Waals surface area contributed by atoms with E-state index in [1.165, 1.54) is 12.1 Å². The van der Waals surface area contributed by atoms with Crippen molar-refractivity contribution in [1.29, 1.82) is 0 Å². The number of nitrogens with two attached hydrogens (primary N) is 1. The third-order valence-electron chi connectivity index (χ3n) is 3.24. The lowest BCUT2D eigenvalue weighted by molar-refractivity contribution is -0.137. The summed E-state index contributed by atoms with van der Waals surface area (Å²) in [6.45, 7) is 0.0891. The van der Waals surface area contributed by atoms with Crippen LogP contribution in [-0.4, -0.2) is 17.6 Å². The van der Waals surface area contributed by atoms with Gasteiger partial charge in [0.1, 0.15) is 0 Å². The summed E-state index contributed by atoms with van der Waals surface area (Å²) >= 11 is 1.15. The van der Waals surface area contributed by atoms with Gasteiger partial charge in [-0.25, -0.2) is 0 Å². The van der Waals surface area contributed by atoms with Crippen molar-refractivity contribution < 1.29 is 22.8 Å². The molecule has 0 radical (unpaired) electrons. The molecule has 3 N–H and O–H groups in total. The summed E-state index contributed by atoms with van der Waals surface area (Å²) in [5, 5.41) is 2.65. The van der Waals surface area contributed by atoms with Crippen molar-refractivity contribution in [3.63, 3.8) is 0 Å². The molecule has 0 unspecified atom stereocenters. The van der Waals surface area contributed by atoms with Gasteiger partial charge in [0.25, 0.3) is 5.91 Å². The highest BCUT2D eigenvalue weighted by atomic mass is 32.2. The van der Waals surface area contributed by atoms with Crippen LogP contribution in [0.2, 0.25) is 0 Å². The van der Waals surface area contributed by atoms with Crippen LogP contribution in [0, 0.1) is 0 Å². The number of thioether (sulfide) groups is 1. The zero-order chi connectivity index (χ0) is 18.4. The van der Waals surface area contributed by atoms with Crippen molar-refractivity contribution in [2.45, 2.75) is 17.6 Å². The fourth-order valence-corrected chi connectivity index (χ4v) is 2.81. The van der Waals surface area contributed by atoms with Gasteiger partial charge in [-0.15, -0.1) is 11.8 Å². The Morgan fingerprint density at radius 2 is 1.68 bits per heavy atom. The number of nitrogens with one attached hydrogen (secondary N) is 1. The van der Waals surface area contributed by atoms with Crippen LogP contribution < -0.4 is 11.1 Å². The van der Waals surface area contributed by atoms with Gasteiger partial charge in [0.05, 0.1) is 16.9 Å². The first-order chi connectivity index (χ1) is 11.8. The van der Waals surface area contributed by atoms with E-state index in [4.69, 9.17) is 5.73 Å². The zero-order valence-corrected chi connectivity index (χ0v) is 13.8. The van der Waals surface area contributed by atoms with Gasteiger partial charge in [0, 0.05) is 11.4 Å². The van der Waals surface area contributed by atoms with Gasteiger partial charge in [-0.05, 0) is 29.8 Å². The molecule has 0 fully saturated rings. The fraction of sp³-hybridized carbons (Fsp3) is 0.176.